The van der Waals surface area contributed by atoms with Crippen LogP contribution in [0.2, 0.25) is 0 Å². The minimum absolute atomic E-state index is 0.00495. The molecule has 6 nitrogen and oxygen atoms in total. The van der Waals surface area contributed by atoms with Crippen LogP contribution in [0.25, 0.3) is 22.2 Å². The zero-order valence-corrected chi connectivity index (χ0v) is 15.3. The largest absolute Gasteiger partial charge is 0.337 e. The Morgan fingerprint density at radius 1 is 1.00 bits per heavy atom. The second kappa shape index (κ2) is 5.65. The van der Waals surface area contributed by atoms with Gasteiger partial charge < -0.3 is 4.52 Å². The molecule has 0 saturated carbocycles. The van der Waals surface area contributed by atoms with Crippen molar-refractivity contribution in [2.45, 2.75) is 18.4 Å². The summed E-state index contributed by atoms with van der Waals surface area (Å²) in [5.74, 6) is 0.706. The van der Waals surface area contributed by atoms with Crippen LogP contribution in [0, 0.1) is 6.92 Å². The normalized spacial score (nSPS) is 14.8. The Morgan fingerprint density at radius 3 is 2.59 bits per heavy atom. The Kier molecular flexibility index (Phi) is 3.35. The van der Waals surface area contributed by atoms with Crippen molar-refractivity contribution in [3.63, 3.8) is 0 Å². The molecule has 0 radical (unpaired) electrons. The van der Waals surface area contributed by atoms with E-state index >= 15 is 0 Å². The molecule has 1 aliphatic rings. The number of hydrogen-bond acceptors (Lipinski definition) is 5. The number of nitrogens with zero attached hydrogens (tertiary/aromatic N) is 3. The Hall–Kier alpha value is -3.19. The van der Waals surface area contributed by atoms with Crippen LogP contribution < -0.4 is 4.31 Å². The highest BCUT2D eigenvalue weighted by molar-refractivity contribution is 7.93. The highest BCUT2D eigenvalue weighted by Gasteiger charge is 2.36. The predicted octanol–water partition coefficient (Wildman–Crippen LogP) is 3.91. The molecule has 4 aromatic rings. The van der Waals surface area contributed by atoms with Gasteiger partial charge in [-0.25, -0.2) is 8.42 Å². The third-order valence-electron chi connectivity index (χ3n) is 4.81. The quantitative estimate of drug-likeness (QED) is 0.541. The summed E-state index contributed by atoms with van der Waals surface area (Å²) in [6, 6.07) is 18.6. The Labute approximate surface area is 156 Å². The molecule has 0 amide bonds. The molecule has 134 valence electrons. The lowest BCUT2D eigenvalue weighted by Crippen LogP contribution is -2.26. The fourth-order valence-electron chi connectivity index (χ4n) is 3.50. The van der Waals surface area contributed by atoms with Gasteiger partial charge in [-0.15, -0.1) is 0 Å². The average molecular weight is 377 g/mol. The second-order valence-corrected chi connectivity index (χ2v) is 8.30. The SMILES string of the molecule is Cc1ccccc1-c1noc(CN2c3cccc4cccc(c34)S2(=O)=O)n1. The van der Waals surface area contributed by atoms with E-state index in [1.807, 2.05) is 49.4 Å². The van der Waals surface area contributed by atoms with Crippen LogP contribution >= 0.6 is 0 Å². The van der Waals surface area contributed by atoms with Crippen molar-refractivity contribution in [2.24, 2.45) is 0 Å². The molecule has 0 saturated heterocycles. The lowest BCUT2D eigenvalue weighted by atomic mass is 10.1. The number of aromatic nitrogens is 2. The smallest absolute Gasteiger partial charge is 0.265 e. The standard InChI is InChI=1S/C20H15N3O3S/c1-13-6-2-3-9-15(13)20-21-18(26-22-20)12-23-16-10-4-7-14-8-5-11-17(19(14)16)27(23,24)25/h2-11H,12H2,1H3. The minimum atomic E-state index is -3.65. The van der Waals surface area contributed by atoms with Crippen molar-refractivity contribution in [2.75, 3.05) is 4.31 Å². The molecule has 2 heterocycles. The Morgan fingerprint density at radius 2 is 1.78 bits per heavy atom. The van der Waals surface area contributed by atoms with E-state index in [1.165, 1.54) is 4.31 Å². The molecule has 0 atom stereocenters. The molecule has 27 heavy (non-hydrogen) atoms. The summed E-state index contributed by atoms with van der Waals surface area (Å²) in [6.45, 7) is 1.96. The third kappa shape index (κ3) is 2.35. The van der Waals surface area contributed by atoms with E-state index in [2.05, 4.69) is 10.1 Å². The highest BCUT2D eigenvalue weighted by atomic mass is 32.2. The summed E-state index contributed by atoms with van der Waals surface area (Å²) in [7, 11) is -3.65. The van der Waals surface area contributed by atoms with Gasteiger partial charge in [0.05, 0.1) is 10.6 Å². The molecule has 0 aliphatic carbocycles. The zero-order chi connectivity index (χ0) is 18.6. The molecule has 0 unspecified atom stereocenters. The van der Waals surface area contributed by atoms with Gasteiger partial charge in [0.15, 0.2) is 0 Å². The van der Waals surface area contributed by atoms with E-state index in [-0.39, 0.29) is 12.4 Å². The van der Waals surface area contributed by atoms with Gasteiger partial charge in [-0.2, -0.15) is 4.98 Å². The maximum absolute atomic E-state index is 13.0. The molecule has 5 rings (SSSR count). The summed E-state index contributed by atoms with van der Waals surface area (Å²) in [5.41, 5.74) is 2.52. The van der Waals surface area contributed by atoms with Crippen LogP contribution in [0.4, 0.5) is 5.69 Å². The molecule has 0 bridgehead atoms. The van der Waals surface area contributed by atoms with Crippen LogP contribution in [0.1, 0.15) is 11.5 Å². The number of aryl methyl sites for hydroxylation is 1. The van der Waals surface area contributed by atoms with E-state index in [1.54, 1.807) is 18.2 Å². The average Bonchev–Trinajstić information content (AvgIpc) is 3.21. The zero-order valence-electron chi connectivity index (χ0n) is 14.5. The Balaban J connectivity index is 1.56. The van der Waals surface area contributed by atoms with Crippen molar-refractivity contribution in [3.8, 4) is 11.4 Å². The molecular weight excluding hydrogens is 362 g/mol. The fraction of sp³-hybridized carbons (Fsp3) is 0.100. The van der Waals surface area contributed by atoms with Gasteiger partial charge in [0, 0.05) is 10.9 Å². The lowest BCUT2D eigenvalue weighted by molar-refractivity contribution is 0.380. The molecule has 0 fully saturated rings. The molecule has 3 aromatic carbocycles. The van der Waals surface area contributed by atoms with E-state index in [9.17, 15) is 8.42 Å². The van der Waals surface area contributed by atoms with Gasteiger partial charge in [0.25, 0.3) is 10.0 Å². The van der Waals surface area contributed by atoms with E-state index in [4.69, 9.17) is 4.52 Å². The second-order valence-electron chi connectivity index (χ2n) is 6.47. The summed E-state index contributed by atoms with van der Waals surface area (Å²) in [6.07, 6.45) is 0. The first-order valence-corrected chi connectivity index (χ1v) is 9.93. The first kappa shape index (κ1) is 16.0. The highest BCUT2D eigenvalue weighted by Crippen LogP contribution is 2.42. The van der Waals surface area contributed by atoms with Gasteiger partial charge >= 0.3 is 0 Å². The van der Waals surface area contributed by atoms with E-state index in [0.29, 0.717) is 16.4 Å². The van der Waals surface area contributed by atoms with Crippen LogP contribution in [0.15, 0.2) is 70.1 Å². The molecule has 7 heteroatoms. The minimum Gasteiger partial charge on any atom is -0.337 e. The van der Waals surface area contributed by atoms with E-state index < -0.39 is 10.0 Å². The molecular formula is C20H15N3O3S. The lowest BCUT2D eigenvalue weighted by Gasteiger charge is -2.16. The van der Waals surface area contributed by atoms with Crippen LogP contribution in [-0.4, -0.2) is 18.6 Å². The number of anilines is 1. The topological polar surface area (TPSA) is 76.3 Å². The summed E-state index contributed by atoms with van der Waals surface area (Å²) >= 11 is 0. The maximum Gasteiger partial charge on any atom is 0.265 e. The van der Waals surface area contributed by atoms with Crippen molar-refractivity contribution in [1.82, 2.24) is 10.1 Å². The van der Waals surface area contributed by atoms with Crippen LogP contribution in [-0.2, 0) is 16.6 Å². The van der Waals surface area contributed by atoms with Crippen molar-refractivity contribution < 1.29 is 12.9 Å². The third-order valence-corrected chi connectivity index (χ3v) is 6.62. The first-order chi connectivity index (χ1) is 13.1. The van der Waals surface area contributed by atoms with Gasteiger partial charge in [0.1, 0.15) is 6.54 Å². The van der Waals surface area contributed by atoms with Crippen LogP contribution in [0.5, 0.6) is 0 Å². The predicted molar refractivity (Wildman–Crippen MR) is 102 cm³/mol. The first-order valence-electron chi connectivity index (χ1n) is 8.49. The van der Waals surface area contributed by atoms with Crippen molar-refractivity contribution in [3.05, 3.63) is 72.1 Å². The van der Waals surface area contributed by atoms with Gasteiger partial charge in [-0.3, -0.25) is 4.31 Å². The molecule has 0 spiro atoms. The van der Waals surface area contributed by atoms with Gasteiger partial charge in [-0.1, -0.05) is 53.7 Å². The summed E-state index contributed by atoms with van der Waals surface area (Å²) < 4.78 is 32.8. The van der Waals surface area contributed by atoms with Crippen LogP contribution in [0.3, 0.4) is 0 Å². The number of sulfonamides is 1. The molecule has 0 N–H and O–H groups in total. The summed E-state index contributed by atoms with van der Waals surface area (Å²) in [5, 5.41) is 5.65. The monoisotopic (exact) mass is 377 g/mol. The van der Waals surface area contributed by atoms with Crippen molar-refractivity contribution in [1.29, 1.82) is 0 Å². The van der Waals surface area contributed by atoms with E-state index in [0.717, 1.165) is 21.9 Å². The summed E-state index contributed by atoms with van der Waals surface area (Å²) in [4.78, 5) is 4.73. The number of rotatable bonds is 3. The number of benzene rings is 3. The maximum atomic E-state index is 13.0. The molecule has 1 aliphatic heterocycles. The van der Waals surface area contributed by atoms with Gasteiger partial charge in [0.2, 0.25) is 11.7 Å². The van der Waals surface area contributed by atoms with Crippen molar-refractivity contribution >= 4 is 26.5 Å². The number of hydrogen-bond donors (Lipinski definition) is 0. The fourth-order valence-corrected chi connectivity index (χ4v) is 5.16. The van der Waals surface area contributed by atoms with Gasteiger partial charge in [-0.05, 0) is 30.0 Å². The molecule has 1 aromatic heterocycles. The Bertz CT molecular complexity index is 1290.